The highest BCUT2D eigenvalue weighted by atomic mass is 16.1. The number of carbonyl (C=O) groups is 1. The number of nitrogens with two attached hydrogens (primary N) is 1. The lowest BCUT2D eigenvalue weighted by Gasteiger charge is -2.03. The summed E-state index contributed by atoms with van der Waals surface area (Å²) in [6.07, 6.45) is 5.55. The van der Waals surface area contributed by atoms with E-state index in [1.165, 1.54) is 6.20 Å². The van der Waals surface area contributed by atoms with Crippen molar-refractivity contribution in [2.45, 2.75) is 6.42 Å². The molecule has 0 aliphatic rings. The Balaban J connectivity index is 2.31. The van der Waals surface area contributed by atoms with Gasteiger partial charge in [-0.2, -0.15) is 5.10 Å². The molecule has 1 amide bonds. The molecule has 5 nitrogen and oxygen atoms in total. The van der Waals surface area contributed by atoms with Crippen LogP contribution < -0.4 is 5.73 Å². The van der Waals surface area contributed by atoms with E-state index in [9.17, 15) is 4.79 Å². The van der Waals surface area contributed by atoms with Gasteiger partial charge in [0.15, 0.2) is 5.69 Å². The lowest BCUT2D eigenvalue weighted by atomic mass is 10.1. The fourth-order valence-corrected chi connectivity index (χ4v) is 1.43. The van der Waals surface area contributed by atoms with Crippen molar-refractivity contribution >= 4 is 5.91 Å². The van der Waals surface area contributed by atoms with E-state index in [0.717, 1.165) is 11.1 Å². The van der Waals surface area contributed by atoms with Gasteiger partial charge in [-0.05, 0) is 23.3 Å². The zero-order chi connectivity index (χ0) is 11.4. The second-order valence-electron chi connectivity index (χ2n) is 3.31. The summed E-state index contributed by atoms with van der Waals surface area (Å²) in [7, 11) is 0. The van der Waals surface area contributed by atoms with Crippen molar-refractivity contribution in [2.24, 2.45) is 5.73 Å². The third-order valence-electron chi connectivity index (χ3n) is 2.16. The van der Waals surface area contributed by atoms with Gasteiger partial charge >= 0.3 is 0 Å². The van der Waals surface area contributed by atoms with Gasteiger partial charge in [-0.25, -0.2) is 0 Å². The van der Waals surface area contributed by atoms with Crippen LogP contribution in [0, 0.1) is 0 Å². The highest BCUT2D eigenvalue weighted by molar-refractivity contribution is 5.92. The second kappa shape index (κ2) is 4.48. The average Bonchev–Trinajstić information content (AvgIpc) is 2.31. The summed E-state index contributed by atoms with van der Waals surface area (Å²) < 4.78 is 0. The lowest BCUT2D eigenvalue weighted by molar-refractivity contribution is 0.0993. The maximum Gasteiger partial charge on any atom is 0.269 e. The molecule has 0 atom stereocenters. The van der Waals surface area contributed by atoms with Crippen molar-refractivity contribution in [1.29, 1.82) is 0 Å². The predicted molar refractivity (Wildman–Crippen MR) is 57.6 cm³/mol. The van der Waals surface area contributed by atoms with E-state index >= 15 is 0 Å². The van der Waals surface area contributed by atoms with E-state index in [2.05, 4.69) is 15.2 Å². The van der Waals surface area contributed by atoms with Crippen LogP contribution in [0.1, 0.15) is 21.6 Å². The molecule has 2 rings (SSSR count). The van der Waals surface area contributed by atoms with E-state index in [1.54, 1.807) is 18.5 Å². The first-order chi connectivity index (χ1) is 7.77. The number of pyridine rings is 1. The van der Waals surface area contributed by atoms with Crippen LogP contribution in [0.2, 0.25) is 0 Å². The van der Waals surface area contributed by atoms with Gasteiger partial charge in [-0.3, -0.25) is 9.78 Å². The minimum Gasteiger partial charge on any atom is -0.364 e. The largest absolute Gasteiger partial charge is 0.364 e. The molecule has 2 aromatic rings. The van der Waals surface area contributed by atoms with Crippen LogP contribution in [0.5, 0.6) is 0 Å². The molecule has 2 N–H and O–H groups in total. The topological polar surface area (TPSA) is 81.8 Å². The monoisotopic (exact) mass is 214 g/mol. The summed E-state index contributed by atoms with van der Waals surface area (Å²) in [6, 6.07) is 5.51. The van der Waals surface area contributed by atoms with Gasteiger partial charge < -0.3 is 5.73 Å². The zero-order valence-electron chi connectivity index (χ0n) is 8.50. The van der Waals surface area contributed by atoms with Crippen molar-refractivity contribution < 1.29 is 4.79 Å². The lowest BCUT2D eigenvalue weighted by Crippen LogP contribution is -2.16. The molecule has 0 bridgehead atoms. The van der Waals surface area contributed by atoms with Crippen LogP contribution in [-0.4, -0.2) is 21.1 Å². The number of amides is 1. The fourth-order valence-electron chi connectivity index (χ4n) is 1.43. The number of carbonyl (C=O) groups excluding carboxylic acids is 1. The molecule has 0 saturated carbocycles. The molecule has 0 unspecified atom stereocenters. The quantitative estimate of drug-likeness (QED) is 0.809. The van der Waals surface area contributed by atoms with Gasteiger partial charge in [0, 0.05) is 25.0 Å². The van der Waals surface area contributed by atoms with Crippen LogP contribution in [0.15, 0.2) is 36.8 Å². The van der Waals surface area contributed by atoms with Crippen LogP contribution in [0.25, 0.3) is 0 Å². The van der Waals surface area contributed by atoms with Gasteiger partial charge in [0.1, 0.15) is 0 Å². The Labute approximate surface area is 92.3 Å². The summed E-state index contributed by atoms with van der Waals surface area (Å²) in [5.41, 5.74) is 7.18. The summed E-state index contributed by atoms with van der Waals surface area (Å²) in [5, 5.41) is 7.37. The Bertz CT molecular complexity index is 498. The van der Waals surface area contributed by atoms with E-state index in [4.69, 9.17) is 5.73 Å². The molecule has 0 spiro atoms. The van der Waals surface area contributed by atoms with Gasteiger partial charge in [0.2, 0.25) is 0 Å². The van der Waals surface area contributed by atoms with Gasteiger partial charge in [0.05, 0.1) is 0 Å². The molecule has 5 heteroatoms. The van der Waals surface area contributed by atoms with Crippen molar-refractivity contribution in [3.05, 3.63) is 53.6 Å². The van der Waals surface area contributed by atoms with Gasteiger partial charge in [0.25, 0.3) is 5.91 Å². The molecule has 2 aromatic heterocycles. The summed E-state index contributed by atoms with van der Waals surface area (Å²) in [6.45, 7) is 0. The Kier molecular flexibility index (Phi) is 2.86. The molecule has 80 valence electrons. The van der Waals surface area contributed by atoms with Crippen LogP contribution >= 0.6 is 0 Å². The number of hydrogen-bond acceptors (Lipinski definition) is 4. The first-order valence-corrected chi connectivity index (χ1v) is 4.76. The average molecular weight is 214 g/mol. The number of aromatic nitrogens is 3. The van der Waals surface area contributed by atoms with Crippen LogP contribution in [-0.2, 0) is 6.42 Å². The molecular weight excluding hydrogens is 204 g/mol. The summed E-state index contributed by atoms with van der Waals surface area (Å²) >= 11 is 0. The molecule has 0 aliphatic carbocycles. The molecular formula is C11H10N4O. The summed E-state index contributed by atoms with van der Waals surface area (Å²) in [5.74, 6) is -0.563. The van der Waals surface area contributed by atoms with E-state index in [-0.39, 0.29) is 5.69 Å². The number of primary amides is 1. The van der Waals surface area contributed by atoms with Crippen LogP contribution in [0.3, 0.4) is 0 Å². The normalized spacial score (nSPS) is 10.0. The van der Waals surface area contributed by atoms with Crippen molar-refractivity contribution in [3.63, 3.8) is 0 Å². The van der Waals surface area contributed by atoms with Crippen molar-refractivity contribution in [2.75, 3.05) is 0 Å². The maximum atomic E-state index is 11.1. The molecule has 0 aliphatic heterocycles. The molecule has 2 heterocycles. The smallest absolute Gasteiger partial charge is 0.269 e. The highest BCUT2D eigenvalue weighted by Crippen LogP contribution is 2.10. The predicted octanol–water partition coefficient (Wildman–Crippen LogP) is 0.561. The van der Waals surface area contributed by atoms with Crippen LogP contribution in [0.4, 0.5) is 0 Å². The van der Waals surface area contributed by atoms with Gasteiger partial charge in [-0.15, -0.1) is 5.10 Å². The molecule has 16 heavy (non-hydrogen) atoms. The number of rotatable bonds is 3. The SMILES string of the molecule is NC(=O)c1nnccc1Cc1cccnc1. The Morgan fingerprint density at radius 3 is 2.88 bits per heavy atom. The van der Waals surface area contributed by atoms with Crippen molar-refractivity contribution in [1.82, 2.24) is 15.2 Å². The first-order valence-electron chi connectivity index (χ1n) is 4.76. The third kappa shape index (κ3) is 2.20. The third-order valence-corrected chi connectivity index (χ3v) is 2.16. The fraction of sp³-hybridized carbons (Fsp3) is 0.0909. The maximum absolute atomic E-state index is 11.1. The molecule has 0 aromatic carbocycles. The number of nitrogens with zero attached hydrogens (tertiary/aromatic N) is 3. The van der Waals surface area contributed by atoms with E-state index in [1.807, 2.05) is 12.1 Å². The minimum absolute atomic E-state index is 0.214. The first kappa shape index (κ1) is 10.2. The Hall–Kier alpha value is -2.30. The second-order valence-corrected chi connectivity index (χ2v) is 3.31. The van der Waals surface area contributed by atoms with E-state index < -0.39 is 5.91 Å². The standard InChI is InChI=1S/C11H10N4O/c12-11(16)10-9(3-5-14-15-10)6-8-2-1-4-13-7-8/h1-5,7H,6H2,(H2,12,16). The minimum atomic E-state index is -0.563. The molecule has 0 fully saturated rings. The molecule has 0 saturated heterocycles. The zero-order valence-corrected chi connectivity index (χ0v) is 8.50. The summed E-state index contributed by atoms with van der Waals surface area (Å²) in [4.78, 5) is 15.1. The van der Waals surface area contributed by atoms with Crippen molar-refractivity contribution in [3.8, 4) is 0 Å². The highest BCUT2D eigenvalue weighted by Gasteiger charge is 2.10. The Morgan fingerprint density at radius 2 is 2.19 bits per heavy atom. The van der Waals surface area contributed by atoms with Gasteiger partial charge in [-0.1, -0.05) is 6.07 Å². The Morgan fingerprint density at radius 1 is 1.31 bits per heavy atom. The number of hydrogen-bond donors (Lipinski definition) is 1. The molecule has 0 radical (unpaired) electrons. The van der Waals surface area contributed by atoms with E-state index in [0.29, 0.717) is 6.42 Å².